The summed E-state index contributed by atoms with van der Waals surface area (Å²) in [5, 5.41) is 0. The van der Waals surface area contributed by atoms with Crippen molar-refractivity contribution < 1.29 is 9.53 Å². The molecule has 2 atom stereocenters. The number of nitrogens with zero attached hydrogens (tertiary/aromatic N) is 2. The average molecular weight is 293 g/mol. The fourth-order valence-electron chi connectivity index (χ4n) is 3.57. The van der Waals surface area contributed by atoms with Crippen LogP contribution in [0.2, 0.25) is 0 Å². The summed E-state index contributed by atoms with van der Waals surface area (Å²) in [4.78, 5) is 16.3. The van der Waals surface area contributed by atoms with E-state index >= 15 is 0 Å². The lowest BCUT2D eigenvalue weighted by molar-refractivity contribution is 0.0521. The normalized spacial score (nSPS) is 22.5. The molecule has 0 radical (unpaired) electrons. The van der Waals surface area contributed by atoms with Crippen LogP contribution < -0.4 is 5.73 Å². The molecular weight excluding hydrogens is 266 g/mol. The van der Waals surface area contributed by atoms with E-state index in [9.17, 15) is 4.79 Å². The number of hydrogen-bond donors (Lipinski definition) is 1. The SMILES string of the molecule is CCOC(=O)c1nc(C)n(C2CCCCC2C(C)C)c1N. The lowest BCUT2D eigenvalue weighted by Crippen LogP contribution is -2.28. The minimum Gasteiger partial charge on any atom is -0.461 e. The summed E-state index contributed by atoms with van der Waals surface area (Å²) < 4.78 is 7.11. The lowest BCUT2D eigenvalue weighted by atomic mass is 9.77. The van der Waals surface area contributed by atoms with Crippen LogP contribution in [0.15, 0.2) is 0 Å². The van der Waals surface area contributed by atoms with Gasteiger partial charge in [0.1, 0.15) is 11.6 Å². The zero-order valence-electron chi connectivity index (χ0n) is 13.6. The maximum absolute atomic E-state index is 12.0. The highest BCUT2D eigenvalue weighted by Gasteiger charge is 2.32. The summed E-state index contributed by atoms with van der Waals surface area (Å²) in [5.41, 5.74) is 6.49. The predicted octanol–water partition coefficient (Wildman–Crippen LogP) is 3.34. The number of carbonyl (C=O) groups is 1. The maximum Gasteiger partial charge on any atom is 0.360 e. The van der Waals surface area contributed by atoms with Gasteiger partial charge in [-0.05, 0) is 38.5 Å². The largest absolute Gasteiger partial charge is 0.461 e. The van der Waals surface area contributed by atoms with Crippen LogP contribution in [0.1, 0.15) is 68.8 Å². The van der Waals surface area contributed by atoms with E-state index < -0.39 is 5.97 Å². The Kier molecular flexibility index (Phi) is 4.91. The Morgan fingerprint density at radius 1 is 1.43 bits per heavy atom. The zero-order valence-corrected chi connectivity index (χ0v) is 13.6. The minimum absolute atomic E-state index is 0.266. The van der Waals surface area contributed by atoms with E-state index in [-0.39, 0.29) is 5.69 Å². The average Bonchev–Trinajstić information content (AvgIpc) is 2.74. The van der Waals surface area contributed by atoms with Gasteiger partial charge in [-0.25, -0.2) is 9.78 Å². The molecule has 21 heavy (non-hydrogen) atoms. The van der Waals surface area contributed by atoms with E-state index in [1.807, 2.05) is 6.92 Å². The number of nitrogens with two attached hydrogens (primary N) is 1. The summed E-state index contributed by atoms with van der Waals surface area (Å²) >= 11 is 0. The highest BCUT2D eigenvalue weighted by atomic mass is 16.5. The van der Waals surface area contributed by atoms with Gasteiger partial charge >= 0.3 is 5.97 Å². The summed E-state index contributed by atoms with van der Waals surface area (Å²) in [6.45, 7) is 8.57. The fraction of sp³-hybridized carbons (Fsp3) is 0.750. The second-order valence-electron chi connectivity index (χ2n) is 6.24. The molecule has 0 saturated heterocycles. The Balaban J connectivity index is 2.36. The van der Waals surface area contributed by atoms with Gasteiger partial charge in [-0.2, -0.15) is 0 Å². The van der Waals surface area contributed by atoms with Crippen molar-refractivity contribution in [3.05, 3.63) is 11.5 Å². The van der Waals surface area contributed by atoms with Gasteiger partial charge in [0.15, 0.2) is 5.69 Å². The van der Waals surface area contributed by atoms with Gasteiger partial charge in [-0.3, -0.25) is 0 Å². The summed E-state index contributed by atoms with van der Waals surface area (Å²) in [6.07, 6.45) is 4.80. The maximum atomic E-state index is 12.0. The predicted molar refractivity (Wildman–Crippen MR) is 83.2 cm³/mol. The van der Waals surface area contributed by atoms with Crippen LogP contribution >= 0.6 is 0 Å². The molecule has 2 N–H and O–H groups in total. The van der Waals surface area contributed by atoms with Crippen molar-refractivity contribution in [1.82, 2.24) is 9.55 Å². The topological polar surface area (TPSA) is 70.1 Å². The number of esters is 1. The summed E-state index contributed by atoms with van der Waals surface area (Å²) in [6, 6.07) is 0.342. The van der Waals surface area contributed by atoms with Gasteiger partial charge in [-0.1, -0.05) is 26.7 Å². The molecule has 1 aromatic heterocycles. The fourth-order valence-corrected chi connectivity index (χ4v) is 3.57. The second kappa shape index (κ2) is 6.50. The zero-order chi connectivity index (χ0) is 15.6. The summed E-state index contributed by atoms with van der Waals surface area (Å²) in [7, 11) is 0. The molecule has 118 valence electrons. The smallest absolute Gasteiger partial charge is 0.360 e. The first kappa shape index (κ1) is 15.9. The van der Waals surface area contributed by atoms with E-state index in [1.165, 1.54) is 19.3 Å². The van der Waals surface area contributed by atoms with E-state index in [1.54, 1.807) is 6.92 Å². The number of ether oxygens (including phenoxy) is 1. The molecule has 0 bridgehead atoms. The molecule has 0 spiro atoms. The molecular formula is C16H27N3O2. The highest BCUT2D eigenvalue weighted by molar-refractivity contribution is 5.92. The second-order valence-corrected chi connectivity index (χ2v) is 6.24. The first-order chi connectivity index (χ1) is 9.97. The Bertz CT molecular complexity index is 508. The molecule has 1 heterocycles. The Hall–Kier alpha value is -1.52. The van der Waals surface area contributed by atoms with Crippen molar-refractivity contribution >= 4 is 11.8 Å². The Morgan fingerprint density at radius 2 is 2.10 bits per heavy atom. The summed E-state index contributed by atoms with van der Waals surface area (Å²) in [5.74, 6) is 2.04. The van der Waals surface area contributed by atoms with Gasteiger partial charge < -0.3 is 15.0 Å². The van der Waals surface area contributed by atoms with Gasteiger partial charge in [0.2, 0.25) is 0 Å². The molecule has 2 rings (SSSR count). The van der Waals surface area contributed by atoms with Crippen LogP contribution in [0.25, 0.3) is 0 Å². The van der Waals surface area contributed by atoms with Gasteiger partial charge in [0.25, 0.3) is 0 Å². The first-order valence-corrected chi connectivity index (χ1v) is 7.98. The van der Waals surface area contributed by atoms with Crippen molar-refractivity contribution in [2.45, 2.75) is 59.4 Å². The van der Waals surface area contributed by atoms with Gasteiger partial charge in [-0.15, -0.1) is 0 Å². The van der Waals surface area contributed by atoms with E-state index in [0.29, 0.717) is 30.3 Å². The molecule has 0 aromatic carbocycles. The third kappa shape index (κ3) is 3.06. The molecule has 0 aliphatic heterocycles. The standard InChI is InChI=1S/C16H27N3O2/c1-5-21-16(20)14-15(17)19(11(4)18-14)13-9-7-6-8-12(13)10(2)3/h10,12-13H,5-9,17H2,1-4H3. The van der Waals surface area contributed by atoms with Crippen LogP contribution in [0.5, 0.6) is 0 Å². The molecule has 1 aliphatic carbocycles. The molecule has 1 fully saturated rings. The van der Waals surface area contributed by atoms with E-state index in [2.05, 4.69) is 23.4 Å². The van der Waals surface area contributed by atoms with Crippen LogP contribution in [-0.2, 0) is 4.74 Å². The van der Waals surface area contributed by atoms with Gasteiger partial charge in [0, 0.05) is 6.04 Å². The number of aryl methyl sites for hydroxylation is 1. The molecule has 1 aliphatic rings. The molecule has 5 nitrogen and oxygen atoms in total. The van der Waals surface area contributed by atoms with Crippen molar-refractivity contribution in [3.63, 3.8) is 0 Å². The highest BCUT2D eigenvalue weighted by Crippen LogP contribution is 2.40. The van der Waals surface area contributed by atoms with Crippen molar-refractivity contribution in [3.8, 4) is 0 Å². The van der Waals surface area contributed by atoms with Crippen molar-refractivity contribution in [2.75, 3.05) is 12.3 Å². The monoisotopic (exact) mass is 293 g/mol. The van der Waals surface area contributed by atoms with Crippen molar-refractivity contribution in [2.24, 2.45) is 11.8 Å². The number of rotatable bonds is 4. The number of nitrogen functional groups attached to an aromatic ring is 1. The number of imidazole rings is 1. The van der Waals surface area contributed by atoms with E-state index in [0.717, 1.165) is 12.2 Å². The third-order valence-corrected chi connectivity index (χ3v) is 4.56. The van der Waals surface area contributed by atoms with Crippen LogP contribution in [0.3, 0.4) is 0 Å². The van der Waals surface area contributed by atoms with Crippen LogP contribution in [-0.4, -0.2) is 22.1 Å². The quantitative estimate of drug-likeness (QED) is 0.864. The Labute approximate surface area is 126 Å². The molecule has 2 unspecified atom stereocenters. The molecule has 1 saturated carbocycles. The number of carbonyl (C=O) groups excluding carboxylic acids is 1. The number of hydrogen-bond acceptors (Lipinski definition) is 4. The Morgan fingerprint density at radius 3 is 2.71 bits per heavy atom. The molecule has 0 amide bonds. The van der Waals surface area contributed by atoms with Crippen LogP contribution in [0.4, 0.5) is 5.82 Å². The third-order valence-electron chi connectivity index (χ3n) is 4.56. The van der Waals surface area contributed by atoms with E-state index in [4.69, 9.17) is 10.5 Å². The number of anilines is 1. The minimum atomic E-state index is -0.422. The van der Waals surface area contributed by atoms with Gasteiger partial charge in [0.05, 0.1) is 6.61 Å². The van der Waals surface area contributed by atoms with Crippen LogP contribution in [0, 0.1) is 18.8 Å². The number of aromatic nitrogens is 2. The lowest BCUT2D eigenvalue weighted by Gasteiger charge is -2.36. The first-order valence-electron chi connectivity index (χ1n) is 7.98. The molecule has 1 aromatic rings. The molecule has 5 heteroatoms. The van der Waals surface area contributed by atoms with Crippen molar-refractivity contribution in [1.29, 1.82) is 0 Å².